The number of carbonyl (C=O) groups is 1. The summed E-state index contributed by atoms with van der Waals surface area (Å²) in [6, 6.07) is 4.07. The molecule has 106 valence electrons. The van der Waals surface area contributed by atoms with Crippen molar-refractivity contribution in [2.75, 3.05) is 5.32 Å². The molecule has 1 unspecified atom stereocenters. The maximum Gasteiger partial charge on any atom is 0.237 e. The van der Waals surface area contributed by atoms with E-state index in [4.69, 9.17) is 11.6 Å². The lowest BCUT2D eigenvalue weighted by Gasteiger charge is -2.12. The second-order valence-electron chi connectivity index (χ2n) is 4.20. The van der Waals surface area contributed by atoms with Crippen LogP contribution in [0.15, 0.2) is 35.7 Å². The van der Waals surface area contributed by atoms with Gasteiger partial charge in [0.05, 0.1) is 10.3 Å². The molecule has 0 bridgehead atoms. The molecule has 1 heterocycles. The number of thioether (sulfide) groups is 1. The Balaban J connectivity index is 2.00. The summed E-state index contributed by atoms with van der Waals surface area (Å²) in [7, 11) is 1.86. The van der Waals surface area contributed by atoms with Crippen molar-refractivity contribution in [2.45, 2.75) is 17.3 Å². The van der Waals surface area contributed by atoms with Gasteiger partial charge in [0.1, 0.15) is 5.82 Å². The summed E-state index contributed by atoms with van der Waals surface area (Å²) in [5.74, 6) is -0.708. The van der Waals surface area contributed by atoms with E-state index in [1.165, 1.54) is 30.0 Å². The van der Waals surface area contributed by atoms with Gasteiger partial charge < -0.3 is 9.88 Å². The Hall–Kier alpha value is -1.53. The van der Waals surface area contributed by atoms with Crippen LogP contribution in [0.25, 0.3) is 0 Å². The highest BCUT2D eigenvalue weighted by atomic mass is 35.5. The first-order valence-electron chi connectivity index (χ1n) is 5.87. The van der Waals surface area contributed by atoms with Crippen LogP contribution in [0.5, 0.6) is 0 Å². The first-order valence-corrected chi connectivity index (χ1v) is 7.13. The molecule has 2 aromatic rings. The highest BCUT2D eigenvalue weighted by Gasteiger charge is 2.17. The number of nitrogens with one attached hydrogen (secondary N) is 1. The van der Waals surface area contributed by atoms with Crippen molar-refractivity contribution in [3.8, 4) is 0 Å². The standard InChI is InChI=1S/C13H13ClFN3OS/c1-8(20-13-16-5-6-18(13)2)12(19)17-9-3-4-11(15)10(14)7-9/h3-8H,1-2H3,(H,17,19). The summed E-state index contributed by atoms with van der Waals surface area (Å²) >= 11 is 7.01. The van der Waals surface area contributed by atoms with Crippen LogP contribution in [0.2, 0.25) is 5.02 Å². The molecule has 0 spiro atoms. The van der Waals surface area contributed by atoms with Crippen LogP contribution in [0.1, 0.15) is 6.92 Å². The van der Waals surface area contributed by atoms with Gasteiger partial charge in [0.25, 0.3) is 0 Å². The molecule has 0 aliphatic rings. The fraction of sp³-hybridized carbons (Fsp3) is 0.231. The number of hydrogen-bond acceptors (Lipinski definition) is 3. The monoisotopic (exact) mass is 313 g/mol. The molecular weight excluding hydrogens is 301 g/mol. The number of carbonyl (C=O) groups excluding carboxylic acids is 1. The van der Waals surface area contributed by atoms with Gasteiger partial charge in [0.15, 0.2) is 5.16 Å². The molecule has 0 radical (unpaired) electrons. The number of amides is 1. The van der Waals surface area contributed by atoms with Gasteiger partial charge in [-0.05, 0) is 25.1 Å². The Morgan fingerprint density at radius 3 is 2.90 bits per heavy atom. The fourth-order valence-electron chi connectivity index (χ4n) is 1.49. The van der Waals surface area contributed by atoms with Crippen LogP contribution in [0, 0.1) is 5.82 Å². The van der Waals surface area contributed by atoms with E-state index in [9.17, 15) is 9.18 Å². The lowest BCUT2D eigenvalue weighted by Crippen LogP contribution is -2.22. The minimum atomic E-state index is -0.514. The van der Waals surface area contributed by atoms with Gasteiger partial charge in [-0.3, -0.25) is 4.79 Å². The molecule has 0 saturated heterocycles. The number of aryl methyl sites for hydroxylation is 1. The number of anilines is 1. The van der Waals surface area contributed by atoms with Crippen molar-refractivity contribution in [3.63, 3.8) is 0 Å². The summed E-state index contributed by atoms with van der Waals surface area (Å²) in [6.07, 6.45) is 3.49. The molecule has 1 amide bonds. The Bertz CT molecular complexity index is 632. The number of aromatic nitrogens is 2. The zero-order valence-electron chi connectivity index (χ0n) is 10.9. The van der Waals surface area contributed by atoms with Crippen molar-refractivity contribution in [1.29, 1.82) is 0 Å². The number of rotatable bonds is 4. The second-order valence-corrected chi connectivity index (χ2v) is 5.91. The molecule has 0 aliphatic heterocycles. The van der Waals surface area contributed by atoms with Gasteiger partial charge in [-0.2, -0.15) is 0 Å². The lowest BCUT2D eigenvalue weighted by atomic mass is 10.3. The van der Waals surface area contributed by atoms with E-state index < -0.39 is 5.82 Å². The topological polar surface area (TPSA) is 46.9 Å². The molecule has 2 rings (SSSR count). The molecule has 0 aliphatic carbocycles. The molecule has 0 fully saturated rings. The van der Waals surface area contributed by atoms with Crippen LogP contribution < -0.4 is 5.32 Å². The summed E-state index contributed by atoms with van der Waals surface area (Å²) in [4.78, 5) is 16.2. The summed E-state index contributed by atoms with van der Waals surface area (Å²) in [6.45, 7) is 1.78. The van der Waals surface area contributed by atoms with E-state index in [1.54, 1.807) is 13.1 Å². The minimum absolute atomic E-state index is 0.0211. The third-order valence-electron chi connectivity index (χ3n) is 2.62. The second kappa shape index (κ2) is 6.28. The van der Waals surface area contributed by atoms with Gasteiger partial charge in [-0.1, -0.05) is 23.4 Å². The van der Waals surface area contributed by atoms with Crippen LogP contribution in [0.3, 0.4) is 0 Å². The Kier molecular flexibility index (Phi) is 4.67. The Morgan fingerprint density at radius 2 is 2.30 bits per heavy atom. The van der Waals surface area contributed by atoms with E-state index in [0.717, 1.165) is 5.16 Å². The number of nitrogens with zero attached hydrogens (tertiary/aromatic N) is 2. The van der Waals surface area contributed by atoms with Crippen molar-refractivity contribution >= 4 is 35.0 Å². The summed E-state index contributed by atoms with van der Waals surface area (Å²) in [5, 5.41) is 3.09. The van der Waals surface area contributed by atoms with E-state index in [2.05, 4.69) is 10.3 Å². The SMILES string of the molecule is CC(Sc1nccn1C)C(=O)Nc1ccc(F)c(Cl)c1. The van der Waals surface area contributed by atoms with Crippen LogP contribution in [0.4, 0.5) is 10.1 Å². The van der Waals surface area contributed by atoms with Crippen LogP contribution in [-0.2, 0) is 11.8 Å². The Morgan fingerprint density at radius 1 is 1.55 bits per heavy atom. The third kappa shape index (κ3) is 3.52. The Labute approximate surface area is 125 Å². The average Bonchev–Trinajstić information content (AvgIpc) is 2.79. The largest absolute Gasteiger partial charge is 0.329 e. The van der Waals surface area contributed by atoms with Crippen molar-refractivity contribution in [1.82, 2.24) is 9.55 Å². The van der Waals surface area contributed by atoms with Crippen LogP contribution in [-0.4, -0.2) is 20.7 Å². The lowest BCUT2D eigenvalue weighted by molar-refractivity contribution is -0.115. The molecular formula is C13H13ClFN3OS. The zero-order valence-corrected chi connectivity index (χ0v) is 12.5. The first-order chi connectivity index (χ1) is 9.47. The number of halogens is 2. The smallest absolute Gasteiger partial charge is 0.237 e. The van der Waals surface area contributed by atoms with E-state index >= 15 is 0 Å². The molecule has 1 aromatic carbocycles. The average molecular weight is 314 g/mol. The number of benzene rings is 1. The number of imidazole rings is 1. The maximum atomic E-state index is 13.0. The zero-order chi connectivity index (χ0) is 14.7. The predicted molar refractivity (Wildman–Crippen MR) is 78.6 cm³/mol. The van der Waals surface area contributed by atoms with E-state index in [0.29, 0.717) is 5.69 Å². The van der Waals surface area contributed by atoms with Gasteiger partial charge in [0.2, 0.25) is 5.91 Å². The molecule has 1 atom stereocenters. The predicted octanol–water partition coefficient (Wildman–Crippen LogP) is 3.33. The van der Waals surface area contributed by atoms with E-state index in [-0.39, 0.29) is 16.2 Å². The van der Waals surface area contributed by atoms with Crippen LogP contribution >= 0.6 is 23.4 Å². The van der Waals surface area contributed by atoms with Crippen molar-refractivity contribution in [2.24, 2.45) is 7.05 Å². The molecule has 4 nitrogen and oxygen atoms in total. The number of hydrogen-bond donors (Lipinski definition) is 1. The summed E-state index contributed by atoms with van der Waals surface area (Å²) in [5.41, 5.74) is 0.466. The van der Waals surface area contributed by atoms with Gasteiger partial charge >= 0.3 is 0 Å². The third-order valence-corrected chi connectivity index (χ3v) is 4.08. The fourth-order valence-corrected chi connectivity index (χ4v) is 2.51. The molecule has 7 heteroatoms. The van der Waals surface area contributed by atoms with Gasteiger partial charge in [-0.25, -0.2) is 9.37 Å². The molecule has 1 N–H and O–H groups in total. The molecule has 0 saturated carbocycles. The van der Waals surface area contributed by atoms with Crippen molar-refractivity contribution in [3.05, 3.63) is 41.4 Å². The minimum Gasteiger partial charge on any atom is -0.329 e. The molecule has 1 aromatic heterocycles. The van der Waals surface area contributed by atoms with Crippen molar-refractivity contribution < 1.29 is 9.18 Å². The normalized spacial score (nSPS) is 12.2. The molecule has 20 heavy (non-hydrogen) atoms. The van der Waals surface area contributed by atoms with E-state index in [1.807, 2.05) is 17.8 Å². The summed E-state index contributed by atoms with van der Waals surface area (Å²) < 4.78 is 14.9. The van der Waals surface area contributed by atoms with Gasteiger partial charge in [0, 0.05) is 25.1 Å². The highest BCUT2D eigenvalue weighted by Crippen LogP contribution is 2.23. The first kappa shape index (κ1) is 14.9. The maximum absolute atomic E-state index is 13.0. The highest BCUT2D eigenvalue weighted by molar-refractivity contribution is 8.00. The quantitative estimate of drug-likeness (QED) is 0.881. The van der Waals surface area contributed by atoms with Gasteiger partial charge in [-0.15, -0.1) is 0 Å².